The molecule has 10 aromatic carbocycles. The number of nitrogens with one attached hydrogen (secondary N) is 4. The van der Waals surface area contributed by atoms with Crippen molar-refractivity contribution in [2.75, 3.05) is 75.1 Å². The second-order valence-electron chi connectivity index (χ2n) is 26.3. The third-order valence-electron chi connectivity index (χ3n) is 17.5. The lowest BCUT2D eigenvalue weighted by molar-refractivity contribution is -0.432. The Morgan fingerprint density at radius 2 is 0.820 bits per heavy atom. The molecule has 9 N–H and O–H groups in total. The number of ketones is 2. The van der Waals surface area contributed by atoms with Crippen molar-refractivity contribution in [2.45, 2.75) is 78.1 Å². The van der Waals surface area contributed by atoms with Gasteiger partial charge in [-0.1, -0.05) is 23.2 Å². The van der Waals surface area contributed by atoms with Gasteiger partial charge in [0.05, 0.1) is 114 Å². The number of hydrogen-bond donors (Lipinski definition) is 9. The largest absolute Gasteiger partial charge is 0.495 e. The van der Waals surface area contributed by atoms with E-state index in [2.05, 4.69) is 71.6 Å². The molecule has 0 radical (unpaired) electrons. The van der Waals surface area contributed by atoms with Crippen molar-refractivity contribution in [3.63, 3.8) is 0 Å². The second-order valence-corrected chi connectivity index (χ2v) is 32.7. The van der Waals surface area contributed by atoms with E-state index >= 15 is 0 Å². The molecule has 0 aliphatic carbocycles. The summed E-state index contributed by atoms with van der Waals surface area (Å²) >= 11 is 0.471. The van der Waals surface area contributed by atoms with E-state index in [1.54, 1.807) is 38.1 Å². The first kappa shape index (κ1) is 91.6. The first-order valence-corrected chi connectivity index (χ1v) is 42.1. The zero-order valence-corrected chi connectivity index (χ0v) is 69.4. The Bertz CT molecular complexity index is 6360. The van der Waals surface area contributed by atoms with Crippen LogP contribution < -0.4 is 40.2 Å². The highest BCUT2D eigenvalue weighted by Gasteiger charge is 2.29. The molecule has 122 heavy (non-hydrogen) atoms. The standard InChI is InChI=1S/C78H74N12O27S5/c1-42-9-22-66(110-7)62(29-42)81-77(95)73(46(5)91)89-83-52-16-10-48(11-17-52)75(93)79-64-30-43(2)60(87-85-54-20-14-50-33-56(118-117-116-97)37-71(58(50)35-54)121(104,105)106)39-68(64)114-27-25-112-23-24-113-26-28-115-69-40-61(88-86-55-21-15-51-34-57(119(98,99)100)38-72(59(51)36-55)122(107,108)109)44(3)31-65(69)80-76(94)49-12-18-53(19-13-49)84-90-74(47(6)92)78(96)82-63-32-45(4)70(120(101,102)103)41-67(63)111-8/h9-22,29-41,73-74,97H,23-28H2,1-8H3,(H,79,93)(H,80,94)(H,81,95)(H,82,96)(H,98,99,100)(H,101,102,103)(H,104,105,106)(H,107,108,109)/b87-85+,88-86+,89-83+,90-84+. The van der Waals surface area contributed by atoms with Crippen LogP contribution in [0.1, 0.15) is 56.8 Å². The van der Waals surface area contributed by atoms with Gasteiger partial charge >= 0.3 is 0 Å². The minimum atomic E-state index is -5.08. The lowest BCUT2D eigenvalue weighted by Gasteiger charge is -2.16. The van der Waals surface area contributed by atoms with Crippen LogP contribution in [0.3, 0.4) is 0 Å². The van der Waals surface area contributed by atoms with E-state index in [1.807, 2.05) is 6.92 Å². The molecule has 2 unspecified atom stereocenters. The van der Waals surface area contributed by atoms with Gasteiger partial charge in [-0.15, -0.1) is 4.33 Å². The third kappa shape index (κ3) is 24.3. The summed E-state index contributed by atoms with van der Waals surface area (Å²) in [6, 6.07) is 33.6. The number of ether oxygens (including phenoxy) is 6. The second kappa shape index (κ2) is 40.1. The molecule has 10 aromatic rings. The maximum absolute atomic E-state index is 14.0. The van der Waals surface area contributed by atoms with Crippen molar-refractivity contribution >= 4 is 166 Å². The minimum Gasteiger partial charge on any atom is -0.495 e. The van der Waals surface area contributed by atoms with Gasteiger partial charge in [0.1, 0.15) is 50.9 Å². The average molecular weight is 1770 g/mol. The predicted octanol–water partition coefficient (Wildman–Crippen LogP) is 14.8. The van der Waals surface area contributed by atoms with Crippen LogP contribution in [-0.2, 0) is 78.5 Å². The molecule has 2 atom stereocenters. The first-order valence-electron chi connectivity index (χ1n) is 35.6. The molecule has 10 rings (SSSR count). The number of benzene rings is 10. The number of anilines is 4. The van der Waals surface area contributed by atoms with Crippen LogP contribution in [0.2, 0.25) is 0 Å². The van der Waals surface area contributed by atoms with Crippen LogP contribution in [0.15, 0.2) is 229 Å². The summed E-state index contributed by atoms with van der Waals surface area (Å²) in [6.07, 6.45) is 0. The molecule has 0 aliphatic rings. The number of aryl methyl sites for hydroxylation is 4. The Morgan fingerprint density at radius 3 is 1.25 bits per heavy atom. The zero-order chi connectivity index (χ0) is 88.5. The van der Waals surface area contributed by atoms with Crippen molar-refractivity contribution in [1.82, 2.24) is 0 Å². The summed E-state index contributed by atoms with van der Waals surface area (Å²) in [6.45, 7) is 8.28. The number of Topliss-reactive ketones (excluding diaryl/α,β-unsaturated/α-hetero) is 2. The SMILES string of the molecule is COc1ccc(C)cc1NC(=O)C(/N=N/c1ccc(C(=O)Nc2cc(C)c(/N=N/c3ccc4cc(SOOO)cc(S(=O)(=O)O)c4c3)cc2OCCOCCOCCOc2cc(/N=N/c3ccc4cc(S(=O)(=O)O)cc(S(=O)(=O)O)c4c3)c(C)cc2NC(=O)c2ccc(/N=N/C(C(C)=O)C(=O)Nc3cc(C)c(S(=O)(=O)O)cc3OC)cc2)cc1)C(C)=O. The normalized spacial score (nSPS) is 12.6. The van der Waals surface area contributed by atoms with Gasteiger partial charge in [-0.3, -0.25) is 47.0 Å². The van der Waals surface area contributed by atoms with Crippen LogP contribution in [0.4, 0.5) is 56.9 Å². The third-order valence-corrected chi connectivity index (χ3v) is 21.7. The molecule has 0 spiro atoms. The number of fused-ring (bicyclic) bond motifs is 2. The Balaban J connectivity index is 0.824. The monoisotopic (exact) mass is 1770 g/mol. The lowest BCUT2D eigenvalue weighted by Crippen LogP contribution is -2.32. The Hall–Kier alpha value is -12.7. The number of carbonyl (C=O) groups is 6. The van der Waals surface area contributed by atoms with Crippen LogP contribution in [0.25, 0.3) is 21.5 Å². The molecular weight excluding hydrogens is 1700 g/mol. The van der Waals surface area contributed by atoms with Gasteiger partial charge < -0.3 is 49.7 Å². The molecule has 4 amide bonds. The van der Waals surface area contributed by atoms with Crippen molar-refractivity contribution in [2.24, 2.45) is 40.9 Å². The van der Waals surface area contributed by atoms with Crippen molar-refractivity contribution < 1.29 is 124 Å². The summed E-state index contributed by atoms with van der Waals surface area (Å²) < 4.78 is 177. The highest BCUT2D eigenvalue weighted by Crippen LogP contribution is 2.40. The molecule has 0 heterocycles. The highest BCUT2D eigenvalue weighted by molar-refractivity contribution is 7.94. The number of hydrogen-bond acceptors (Lipinski definition) is 32. The van der Waals surface area contributed by atoms with Crippen molar-refractivity contribution in [3.8, 4) is 23.0 Å². The van der Waals surface area contributed by atoms with E-state index in [9.17, 15) is 80.6 Å². The molecule has 0 aromatic heterocycles. The van der Waals surface area contributed by atoms with Gasteiger partial charge in [0.2, 0.25) is 12.1 Å². The van der Waals surface area contributed by atoms with E-state index in [0.717, 1.165) is 30.7 Å². The van der Waals surface area contributed by atoms with Crippen LogP contribution in [0.5, 0.6) is 23.0 Å². The summed E-state index contributed by atoms with van der Waals surface area (Å²) in [5.41, 5.74) is 3.31. The maximum atomic E-state index is 14.0. The maximum Gasteiger partial charge on any atom is 0.295 e. The molecule has 0 saturated carbocycles. The summed E-state index contributed by atoms with van der Waals surface area (Å²) in [5.74, 6) is -4.05. The number of carbonyl (C=O) groups excluding carboxylic acids is 6. The zero-order valence-electron chi connectivity index (χ0n) is 65.3. The topological polar surface area (TPSA) is 561 Å². The predicted molar refractivity (Wildman–Crippen MR) is 441 cm³/mol. The molecule has 0 saturated heterocycles. The first-order chi connectivity index (χ1) is 57.8. The molecule has 39 nitrogen and oxygen atoms in total. The van der Waals surface area contributed by atoms with Crippen molar-refractivity contribution in [1.29, 1.82) is 0 Å². The molecule has 0 fully saturated rings. The van der Waals surface area contributed by atoms with E-state index in [-0.39, 0.29) is 146 Å². The number of methoxy groups -OCH3 is 2. The van der Waals surface area contributed by atoms with Gasteiger partial charge in [0.15, 0.2) is 11.6 Å². The fraction of sp³-hybridized carbons (Fsp3) is 0.205. The number of amides is 4. The Labute approximate surface area is 700 Å². The van der Waals surface area contributed by atoms with Gasteiger partial charge in [-0.05, 0) is 202 Å². The number of nitrogens with zero attached hydrogens (tertiary/aromatic N) is 8. The number of azo groups is 4. The quantitative estimate of drug-likeness (QED) is 0.00330. The fourth-order valence-corrected chi connectivity index (χ4v) is 14.8. The van der Waals surface area contributed by atoms with E-state index in [1.165, 1.54) is 143 Å². The van der Waals surface area contributed by atoms with Gasteiger partial charge in [0, 0.05) is 45.0 Å². The van der Waals surface area contributed by atoms with Gasteiger partial charge in [-0.2, -0.15) is 74.6 Å². The van der Waals surface area contributed by atoms with Crippen LogP contribution in [0, 0.1) is 27.7 Å². The van der Waals surface area contributed by atoms with Crippen molar-refractivity contribution in [3.05, 3.63) is 197 Å². The van der Waals surface area contributed by atoms with Crippen LogP contribution >= 0.6 is 12.0 Å². The van der Waals surface area contributed by atoms with Gasteiger partial charge in [-0.25, -0.2) is 5.26 Å². The molecule has 638 valence electrons. The Morgan fingerprint density at radius 1 is 0.402 bits per heavy atom. The molecule has 0 aliphatic heterocycles. The summed E-state index contributed by atoms with van der Waals surface area (Å²) in [7, 11) is -16.9. The number of rotatable bonds is 38. The van der Waals surface area contributed by atoms with E-state index < -0.39 is 107 Å². The fourth-order valence-electron chi connectivity index (χ4n) is 11.5. The molecule has 0 bridgehead atoms. The van der Waals surface area contributed by atoms with E-state index in [4.69, 9.17) is 33.7 Å². The van der Waals surface area contributed by atoms with Gasteiger partial charge in [0.25, 0.3) is 64.1 Å². The Kier molecular flexibility index (Phi) is 30.1. The summed E-state index contributed by atoms with van der Waals surface area (Å²) in [4.78, 5) is 77.6. The highest BCUT2D eigenvalue weighted by atomic mass is 32.2. The van der Waals surface area contributed by atoms with E-state index in [0.29, 0.717) is 46.1 Å². The van der Waals surface area contributed by atoms with Crippen LogP contribution in [-0.4, -0.2) is 158 Å². The summed E-state index contributed by atoms with van der Waals surface area (Å²) in [5, 5.41) is 56.7. The minimum absolute atomic E-state index is 0.00313. The lowest BCUT2D eigenvalue weighted by atomic mass is 10.1. The molecular formula is C78H74N12O27S5. The molecule has 44 heteroatoms. The smallest absolute Gasteiger partial charge is 0.295 e. The average Bonchev–Trinajstić information content (AvgIpc) is 0.759.